The van der Waals surface area contributed by atoms with Crippen LogP contribution in [0, 0.1) is 11.8 Å². The second-order valence-electron chi connectivity index (χ2n) is 10.1. The second-order valence-corrected chi connectivity index (χ2v) is 10.1. The summed E-state index contributed by atoms with van der Waals surface area (Å²) < 4.78 is 46.6. The van der Waals surface area contributed by atoms with Gasteiger partial charge in [0.15, 0.2) is 0 Å². The minimum absolute atomic E-state index is 0.0615. The Hall–Kier alpha value is -3.88. The fourth-order valence-electron chi connectivity index (χ4n) is 5.10. The van der Waals surface area contributed by atoms with Crippen molar-refractivity contribution in [1.29, 1.82) is 0 Å². The number of nitrogens with zero attached hydrogens (tertiary/aromatic N) is 2. The number of pyridine rings is 1. The number of ether oxygens (including phenoxy) is 1. The molecule has 1 aliphatic carbocycles. The maximum atomic E-state index is 13.6. The van der Waals surface area contributed by atoms with Crippen LogP contribution < -0.4 is 5.32 Å². The highest BCUT2D eigenvalue weighted by molar-refractivity contribution is 6.06. The Kier molecular flexibility index (Phi) is 8.89. The lowest BCUT2D eigenvalue weighted by atomic mass is 9.83. The Balaban J connectivity index is 0.000000826. The third-order valence-electron chi connectivity index (χ3n) is 7.24. The normalized spacial score (nSPS) is 17.4. The number of rotatable bonds is 6. The molecule has 1 saturated carbocycles. The largest absolute Gasteiger partial charge is 0.471 e. The molecule has 5 rings (SSSR count). The molecule has 1 amide bonds. The van der Waals surface area contributed by atoms with E-state index in [-0.39, 0.29) is 5.56 Å². The van der Waals surface area contributed by atoms with Crippen molar-refractivity contribution in [3.05, 3.63) is 77.6 Å². The summed E-state index contributed by atoms with van der Waals surface area (Å²) in [5.41, 5.74) is 1.62. The minimum atomic E-state index is -4.53. The lowest BCUT2D eigenvalue weighted by Crippen LogP contribution is -2.31. The van der Waals surface area contributed by atoms with Gasteiger partial charge in [0.25, 0.3) is 12.4 Å². The maximum Gasteiger partial charge on any atom is 0.416 e. The first-order chi connectivity index (χ1) is 18.7. The molecule has 2 aromatic heterocycles. The first-order valence-corrected chi connectivity index (χ1v) is 13.0. The topological polar surface area (TPSA) is 73.2 Å². The summed E-state index contributed by atoms with van der Waals surface area (Å²) in [6.07, 6.45) is 3.27. The van der Waals surface area contributed by atoms with E-state index in [1.54, 1.807) is 18.5 Å². The van der Waals surface area contributed by atoms with Gasteiger partial charge in [-0.15, -0.1) is 0 Å². The number of carbonyl (C=O) groups is 2. The SMILES string of the molecule is CC1CCC(CNC(=O)c2cc(C(F)(F)F)cc3ccn(Cc4ccc5ncccc5c4)c23)CC1.COC=O. The van der Waals surface area contributed by atoms with Crippen LogP contribution in [0.2, 0.25) is 0 Å². The number of methoxy groups -OCH3 is 1. The Morgan fingerprint density at radius 2 is 1.85 bits per heavy atom. The Labute approximate surface area is 225 Å². The number of amides is 1. The number of hydrogen-bond acceptors (Lipinski definition) is 4. The first kappa shape index (κ1) is 28.1. The van der Waals surface area contributed by atoms with E-state index in [9.17, 15) is 18.0 Å². The summed E-state index contributed by atoms with van der Waals surface area (Å²) >= 11 is 0. The van der Waals surface area contributed by atoms with Gasteiger partial charge in [0.05, 0.1) is 29.3 Å². The summed E-state index contributed by atoms with van der Waals surface area (Å²) in [6.45, 7) is 3.52. The molecule has 0 radical (unpaired) electrons. The molecule has 0 bridgehead atoms. The summed E-state index contributed by atoms with van der Waals surface area (Å²) in [7, 11) is 1.31. The molecule has 2 aromatic carbocycles. The van der Waals surface area contributed by atoms with Crippen LogP contribution >= 0.6 is 0 Å². The van der Waals surface area contributed by atoms with Crippen molar-refractivity contribution >= 4 is 34.2 Å². The van der Waals surface area contributed by atoms with E-state index in [0.29, 0.717) is 42.3 Å². The summed E-state index contributed by atoms with van der Waals surface area (Å²) in [5.74, 6) is 0.607. The van der Waals surface area contributed by atoms with Crippen molar-refractivity contribution in [2.75, 3.05) is 13.7 Å². The van der Waals surface area contributed by atoms with Crippen molar-refractivity contribution in [1.82, 2.24) is 14.9 Å². The number of nitrogens with one attached hydrogen (secondary N) is 1. The highest BCUT2D eigenvalue weighted by Crippen LogP contribution is 2.34. The summed E-state index contributed by atoms with van der Waals surface area (Å²) in [4.78, 5) is 26.5. The molecule has 1 aliphatic rings. The molecule has 2 heterocycles. The highest BCUT2D eigenvalue weighted by atomic mass is 19.4. The average molecular weight is 540 g/mol. The van der Waals surface area contributed by atoms with Gasteiger partial charge in [-0.1, -0.05) is 31.9 Å². The van der Waals surface area contributed by atoms with Gasteiger partial charge in [0.2, 0.25) is 0 Å². The van der Waals surface area contributed by atoms with E-state index in [1.807, 2.05) is 34.9 Å². The van der Waals surface area contributed by atoms with E-state index >= 15 is 0 Å². The lowest BCUT2D eigenvalue weighted by molar-refractivity contribution is -0.137. The lowest BCUT2D eigenvalue weighted by Gasteiger charge is -2.26. The number of fused-ring (bicyclic) bond motifs is 2. The van der Waals surface area contributed by atoms with E-state index in [2.05, 4.69) is 22.0 Å². The Bertz CT molecular complexity index is 1440. The summed E-state index contributed by atoms with van der Waals surface area (Å²) in [5, 5.41) is 4.32. The van der Waals surface area contributed by atoms with Crippen LogP contribution in [0.3, 0.4) is 0 Å². The molecule has 206 valence electrons. The Morgan fingerprint density at radius 1 is 1.10 bits per heavy atom. The number of alkyl halides is 3. The van der Waals surface area contributed by atoms with Crippen LogP contribution in [0.25, 0.3) is 21.8 Å². The van der Waals surface area contributed by atoms with Crippen LogP contribution in [0.15, 0.2) is 60.9 Å². The number of carbonyl (C=O) groups excluding carboxylic acids is 2. The van der Waals surface area contributed by atoms with Gasteiger partial charge in [-0.2, -0.15) is 13.2 Å². The molecule has 0 aliphatic heterocycles. The molecule has 0 saturated heterocycles. The van der Waals surface area contributed by atoms with Crippen LogP contribution in [0.5, 0.6) is 0 Å². The number of hydrogen-bond donors (Lipinski definition) is 1. The molecule has 0 atom stereocenters. The monoisotopic (exact) mass is 539 g/mol. The molecule has 6 nitrogen and oxygen atoms in total. The molecule has 9 heteroatoms. The number of aromatic nitrogens is 2. The molecule has 4 aromatic rings. The van der Waals surface area contributed by atoms with E-state index in [0.717, 1.165) is 54.3 Å². The third kappa shape index (κ3) is 6.96. The number of halogens is 3. The standard InChI is InChI=1S/C28H28F3N3O.C2H4O2/c1-18-4-6-19(7-5-18)16-33-27(35)24-15-23(28(29,30)31)14-22-10-12-34(26(22)24)17-20-8-9-25-21(13-20)3-2-11-32-25;1-4-2-3/h2-3,8-15,18-19H,4-7,16-17H2,1H3,(H,33,35);2H,1H3. The summed E-state index contributed by atoms with van der Waals surface area (Å²) in [6, 6.07) is 13.5. The predicted octanol–water partition coefficient (Wildman–Crippen LogP) is 6.60. The van der Waals surface area contributed by atoms with Crippen molar-refractivity contribution in [2.24, 2.45) is 11.8 Å². The molecule has 1 N–H and O–H groups in total. The fraction of sp³-hybridized carbons (Fsp3) is 0.367. The van der Waals surface area contributed by atoms with Gasteiger partial charge in [-0.05, 0) is 66.6 Å². The zero-order chi connectivity index (χ0) is 28.0. The molecular weight excluding hydrogens is 507 g/mol. The highest BCUT2D eigenvalue weighted by Gasteiger charge is 2.33. The van der Waals surface area contributed by atoms with E-state index in [1.165, 1.54) is 7.11 Å². The van der Waals surface area contributed by atoms with E-state index in [4.69, 9.17) is 4.79 Å². The number of benzene rings is 2. The molecule has 0 spiro atoms. The Morgan fingerprint density at radius 3 is 2.54 bits per heavy atom. The third-order valence-corrected chi connectivity index (χ3v) is 7.24. The van der Waals surface area contributed by atoms with Crippen LogP contribution in [-0.2, 0) is 22.3 Å². The van der Waals surface area contributed by atoms with Crippen molar-refractivity contribution in [2.45, 2.75) is 45.3 Å². The fourth-order valence-corrected chi connectivity index (χ4v) is 5.10. The van der Waals surface area contributed by atoms with Gasteiger partial charge in [-0.25, -0.2) is 0 Å². The van der Waals surface area contributed by atoms with Gasteiger partial charge in [0.1, 0.15) is 0 Å². The van der Waals surface area contributed by atoms with Gasteiger partial charge >= 0.3 is 6.18 Å². The molecule has 39 heavy (non-hydrogen) atoms. The predicted molar refractivity (Wildman–Crippen MR) is 144 cm³/mol. The molecule has 0 unspecified atom stereocenters. The van der Waals surface area contributed by atoms with Gasteiger partial charge < -0.3 is 14.6 Å². The second kappa shape index (κ2) is 12.3. The maximum absolute atomic E-state index is 13.6. The van der Waals surface area contributed by atoms with Crippen LogP contribution in [-0.4, -0.2) is 35.6 Å². The smallest absolute Gasteiger partial charge is 0.416 e. The van der Waals surface area contributed by atoms with Crippen molar-refractivity contribution < 1.29 is 27.5 Å². The first-order valence-electron chi connectivity index (χ1n) is 13.0. The van der Waals surface area contributed by atoms with Gasteiger partial charge in [-0.3, -0.25) is 14.6 Å². The van der Waals surface area contributed by atoms with Crippen LogP contribution in [0.1, 0.15) is 54.1 Å². The zero-order valence-electron chi connectivity index (χ0n) is 22.0. The quantitative estimate of drug-likeness (QED) is 0.280. The van der Waals surface area contributed by atoms with Crippen LogP contribution in [0.4, 0.5) is 13.2 Å². The van der Waals surface area contributed by atoms with Crippen molar-refractivity contribution in [3.8, 4) is 0 Å². The molecular formula is C30H32F3N3O3. The average Bonchev–Trinajstić information content (AvgIpc) is 3.34. The van der Waals surface area contributed by atoms with Crippen molar-refractivity contribution in [3.63, 3.8) is 0 Å². The van der Waals surface area contributed by atoms with Gasteiger partial charge in [0, 0.05) is 36.3 Å². The zero-order valence-corrected chi connectivity index (χ0v) is 22.0. The minimum Gasteiger partial charge on any atom is -0.471 e. The van der Waals surface area contributed by atoms with E-state index < -0.39 is 17.6 Å². The molecule has 1 fully saturated rings.